The molecule has 0 fully saturated rings. The normalized spacial score (nSPS) is 0. The zero-order valence-corrected chi connectivity index (χ0v) is 19.7. The van der Waals surface area contributed by atoms with Crippen molar-refractivity contribution in [3.8, 4) is 0 Å². The first-order chi connectivity index (χ1) is 0. The smallest absolute Gasteiger partial charge is 0 e. The van der Waals surface area contributed by atoms with E-state index in [4.69, 9.17) is 0 Å². The average molecular weight is 792 g/mol. The van der Waals surface area contributed by atoms with Gasteiger partial charge in [-0.1, -0.05) is 0 Å². The summed E-state index contributed by atoms with van der Waals surface area (Å²) in [7, 11) is 0. The van der Waals surface area contributed by atoms with Gasteiger partial charge in [-0.05, 0) is 0 Å². The molecular weight excluding hydrogens is 792 g/mol. The molecular formula is AuHgPbSbZn. The van der Waals surface area contributed by atoms with Gasteiger partial charge in [-0.2, -0.15) is 0 Å². The summed E-state index contributed by atoms with van der Waals surface area (Å²) in [5, 5.41) is 0. The van der Waals surface area contributed by atoms with Crippen LogP contribution in [0.25, 0.3) is 0 Å². The molecule has 0 unspecified atom stereocenters. The second-order valence-corrected chi connectivity index (χ2v) is 0. The van der Waals surface area contributed by atoms with Crippen molar-refractivity contribution in [2.45, 2.75) is 0 Å². The molecule has 0 aliphatic carbocycles. The first kappa shape index (κ1) is 35.8. The fourth-order valence-corrected chi connectivity index (χ4v) is 0. The van der Waals surface area contributed by atoms with Crippen molar-refractivity contribution in [3.05, 3.63) is 0 Å². The van der Waals surface area contributed by atoms with Crippen molar-refractivity contribution in [1.29, 1.82) is 0 Å². The van der Waals surface area contributed by atoms with Crippen LogP contribution in [0.4, 0.5) is 0 Å². The Labute approximate surface area is 118 Å². The molecule has 0 nitrogen and oxygen atoms in total. The Hall–Kier alpha value is 4.04. The van der Waals surface area contributed by atoms with Crippen LogP contribution in [0.3, 0.4) is 0 Å². The molecule has 8 radical (unpaired) electrons. The second kappa shape index (κ2) is 24.4. The van der Waals surface area contributed by atoms with Gasteiger partial charge in [0.05, 0.1) is 0 Å². The SMILES string of the molecule is [Au].[Hg].[Pb].[Sb].[Zn]. The van der Waals surface area contributed by atoms with Gasteiger partial charge in [-0.25, -0.2) is 0 Å². The van der Waals surface area contributed by atoms with Crippen LogP contribution < -0.4 is 0 Å². The zero-order chi connectivity index (χ0) is 0. The first-order valence-electron chi connectivity index (χ1n) is 0. The van der Waals surface area contributed by atoms with Crippen LogP contribution in [0.2, 0.25) is 0 Å². The molecule has 0 bridgehead atoms. The molecule has 0 aromatic rings. The Morgan fingerprint density at radius 1 is 1.00 bits per heavy atom. The summed E-state index contributed by atoms with van der Waals surface area (Å²) in [5.41, 5.74) is 0. The third kappa shape index (κ3) is 18.0. The minimum Gasteiger partial charge on any atom is 0 e. The van der Waals surface area contributed by atoms with E-state index in [-0.39, 0.29) is 121 Å². The van der Waals surface area contributed by atoms with Crippen LogP contribution in [0.5, 0.6) is 0 Å². The van der Waals surface area contributed by atoms with Crippen molar-refractivity contribution >= 4 is 51.7 Å². The van der Waals surface area contributed by atoms with E-state index in [0.717, 1.165) is 0 Å². The molecule has 5 heteroatoms. The predicted octanol–water partition coefficient (Wildman–Crippen LogP) is -0.769. The van der Waals surface area contributed by atoms with Gasteiger partial charge in [0, 0.05) is 121 Å². The molecule has 0 rings (SSSR count). The molecule has 24 valence electrons. The van der Waals surface area contributed by atoms with E-state index in [1.807, 2.05) is 0 Å². The van der Waals surface area contributed by atoms with Crippen LogP contribution in [-0.2, 0) is 69.5 Å². The number of hydrogen-bond acceptors (Lipinski definition) is 0. The maximum absolute atomic E-state index is 0. The third-order valence-electron chi connectivity index (χ3n) is 0. The summed E-state index contributed by atoms with van der Waals surface area (Å²) < 4.78 is 0. The summed E-state index contributed by atoms with van der Waals surface area (Å²) in [6.07, 6.45) is 0. The van der Waals surface area contributed by atoms with E-state index in [9.17, 15) is 0 Å². The minimum atomic E-state index is 0. The summed E-state index contributed by atoms with van der Waals surface area (Å²) in [5.74, 6) is 0. The molecule has 0 amide bonds. The number of rotatable bonds is 0. The van der Waals surface area contributed by atoms with E-state index in [2.05, 4.69) is 0 Å². The minimum absolute atomic E-state index is 0. The molecule has 0 heterocycles. The molecule has 0 atom stereocenters. The summed E-state index contributed by atoms with van der Waals surface area (Å²) >= 11 is 0. The molecule has 5 heavy (non-hydrogen) atoms. The van der Waals surface area contributed by atoms with Gasteiger partial charge in [-0.15, -0.1) is 0 Å². The molecule has 0 saturated heterocycles. The summed E-state index contributed by atoms with van der Waals surface area (Å²) in [4.78, 5) is 0. The summed E-state index contributed by atoms with van der Waals surface area (Å²) in [6, 6.07) is 0. The predicted molar refractivity (Wildman–Crippen MR) is 11.5 cm³/mol. The van der Waals surface area contributed by atoms with Crippen LogP contribution in [0, 0.1) is 0 Å². The van der Waals surface area contributed by atoms with Gasteiger partial charge < -0.3 is 0 Å². The molecule has 0 aliphatic rings. The van der Waals surface area contributed by atoms with Crippen LogP contribution in [0.1, 0.15) is 0 Å². The Bertz CT molecular complexity index is 11.6. The summed E-state index contributed by atoms with van der Waals surface area (Å²) in [6.45, 7) is 0. The van der Waals surface area contributed by atoms with Crippen molar-refractivity contribution in [3.63, 3.8) is 0 Å². The first-order valence-corrected chi connectivity index (χ1v) is 0. The van der Waals surface area contributed by atoms with Crippen LogP contribution in [-0.4, -0.2) is 51.7 Å². The molecule has 0 N–H and O–H groups in total. The Morgan fingerprint density at radius 3 is 1.00 bits per heavy atom. The fourth-order valence-electron chi connectivity index (χ4n) is 0. The van der Waals surface area contributed by atoms with Gasteiger partial charge in [0.15, 0.2) is 0 Å². The molecule has 0 aromatic heterocycles. The monoisotopic (exact) mass is 792 g/mol. The van der Waals surface area contributed by atoms with Crippen LogP contribution in [0.15, 0.2) is 0 Å². The second-order valence-electron chi connectivity index (χ2n) is 0. The van der Waals surface area contributed by atoms with E-state index in [1.54, 1.807) is 0 Å². The number of hydrogen-bond donors (Lipinski definition) is 0. The van der Waals surface area contributed by atoms with Gasteiger partial charge in [-0.3, -0.25) is 0 Å². The van der Waals surface area contributed by atoms with Crippen LogP contribution >= 0.6 is 0 Å². The van der Waals surface area contributed by atoms with E-state index >= 15 is 0 Å². The van der Waals surface area contributed by atoms with Crippen molar-refractivity contribution in [1.82, 2.24) is 0 Å². The van der Waals surface area contributed by atoms with E-state index < -0.39 is 0 Å². The van der Waals surface area contributed by atoms with Crippen molar-refractivity contribution < 1.29 is 69.5 Å². The standard InChI is InChI=1S/Au.Hg.Pb.Sb.Zn. The van der Waals surface area contributed by atoms with Gasteiger partial charge in [0.1, 0.15) is 0 Å². The van der Waals surface area contributed by atoms with Gasteiger partial charge in [0.25, 0.3) is 0 Å². The molecule has 0 saturated carbocycles. The van der Waals surface area contributed by atoms with Gasteiger partial charge >= 0.3 is 0 Å². The Kier molecular flexibility index (Phi) is 175. The van der Waals surface area contributed by atoms with Gasteiger partial charge in [0.2, 0.25) is 0 Å². The fraction of sp³-hybridized carbons (Fsp3) is 0. The third-order valence-corrected chi connectivity index (χ3v) is 0. The van der Waals surface area contributed by atoms with E-state index in [0.29, 0.717) is 0 Å². The average Bonchev–Trinajstić information content (AvgIpc) is 0. The van der Waals surface area contributed by atoms with E-state index in [1.165, 1.54) is 0 Å². The maximum Gasteiger partial charge on any atom is 0 e. The van der Waals surface area contributed by atoms with Crippen molar-refractivity contribution in [2.24, 2.45) is 0 Å². The molecule has 0 aromatic carbocycles. The Balaban J connectivity index is 0. The topological polar surface area (TPSA) is 0 Å². The molecule has 0 spiro atoms. The molecule has 0 aliphatic heterocycles. The Morgan fingerprint density at radius 2 is 1.00 bits per heavy atom. The largest absolute Gasteiger partial charge is 0 e. The quantitative estimate of drug-likeness (QED) is 0.284. The van der Waals surface area contributed by atoms with Crippen molar-refractivity contribution in [2.75, 3.05) is 0 Å². The zero-order valence-electron chi connectivity index (χ0n) is 2.66. The maximum atomic E-state index is 0.